The Hall–Kier alpha value is -3.07. The lowest BCUT2D eigenvalue weighted by Gasteiger charge is -2.40. The van der Waals surface area contributed by atoms with Gasteiger partial charge in [-0.1, -0.05) is 42.5 Å². The molecule has 1 N–H and O–H groups in total. The number of hydrogen-bond donors (Lipinski definition) is 1. The maximum Gasteiger partial charge on any atom is 0.273 e. The third-order valence-electron chi connectivity index (χ3n) is 6.61. The summed E-state index contributed by atoms with van der Waals surface area (Å²) < 4.78 is 1.13. The Morgan fingerprint density at radius 3 is 2.53 bits per heavy atom. The van der Waals surface area contributed by atoms with Gasteiger partial charge in [-0.2, -0.15) is 0 Å². The van der Waals surface area contributed by atoms with Crippen molar-refractivity contribution in [1.29, 1.82) is 0 Å². The Morgan fingerprint density at radius 1 is 0.912 bits per heavy atom. The van der Waals surface area contributed by atoms with Gasteiger partial charge in [0.25, 0.3) is 11.8 Å². The number of hydrogen-bond acceptors (Lipinski definition) is 6. The third kappa shape index (κ3) is 4.13. The summed E-state index contributed by atoms with van der Waals surface area (Å²) in [5, 5.41) is 6.54. The Labute approximate surface area is 205 Å². The predicted octanol–water partition coefficient (Wildman–Crippen LogP) is 4.35. The average molecular weight is 489 g/mol. The SMILES string of the molecule is O=C(c1cscn1)N1CC[C@H](NC2CN(C(=O)c3cc4ccc(-c5ccccc5)cc4s3)C2)C1. The van der Waals surface area contributed by atoms with Gasteiger partial charge in [-0.3, -0.25) is 9.59 Å². The van der Waals surface area contributed by atoms with E-state index in [0.717, 1.165) is 27.9 Å². The molecule has 0 unspecified atom stereocenters. The van der Waals surface area contributed by atoms with Crippen LogP contribution in [0.25, 0.3) is 21.2 Å². The molecule has 2 aromatic carbocycles. The highest BCUT2D eigenvalue weighted by molar-refractivity contribution is 7.20. The second-order valence-electron chi connectivity index (χ2n) is 8.91. The maximum absolute atomic E-state index is 13.1. The minimum Gasteiger partial charge on any atom is -0.336 e. The fourth-order valence-electron chi connectivity index (χ4n) is 4.75. The van der Waals surface area contributed by atoms with Gasteiger partial charge in [0.2, 0.25) is 0 Å². The summed E-state index contributed by atoms with van der Waals surface area (Å²) in [6.45, 7) is 2.86. The van der Waals surface area contributed by atoms with Gasteiger partial charge in [0.1, 0.15) is 5.69 Å². The van der Waals surface area contributed by atoms with Gasteiger partial charge in [0.05, 0.1) is 10.4 Å². The van der Waals surface area contributed by atoms with E-state index in [1.165, 1.54) is 22.5 Å². The molecule has 6 rings (SSSR count). The molecule has 2 fully saturated rings. The molecule has 6 nitrogen and oxygen atoms in total. The maximum atomic E-state index is 13.1. The first-order chi connectivity index (χ1) is 16.6. The fourth-order valence-corrected chi connectivity index (χ4v) is 6.34. The van der Waals surface area contributed by atoms with Crippen molar-refractivity contribution >= 4 is 44.6 Å². The van der Waals surface area contributed by atoms with Crippen LogP contribution in [0, 0.1) is 0 Å². The molecule has 4 heterocycles. The quantitative estimate of drug-likeness (QED) is 0.454. The number of nitrogens with zero attached hydrogens (tertiary/aromatic N) is 3. The molecule has 4 aromatic rings. The van der Waals surface area contributed by atoms with Gasteiger partial charge in [-0.15, -0.1) is 22.7 Å². The lowest BCUT2D eigenvalue weighted by Crippen LogP contribution is -2.61. The van der Waals surface area contributed by atoms with Crippen LogP contribution in [-0.2, 0) is 0 Å². The highest BCUT2D eigenvalue weighted by Crippen LogP contribution is 2.32. The number of thiophene rings is 1. The monoisotopic (exact) mass is 488 g/mol. The molecule has 172 valence electrons. The first-order valence-electron chi connectivity index (χ1n) is 11.5. The molecule has 2 aliphatic heterocycles. The van der Waals surface area contributed by atoms with Crippen LogP contribution < -0.4 is 5.32 Å². The summed E-state index contributed by atoms with van der Waals surface area (Å²) in [5.74, 6) is 0.114. The number of nitrogens with one attached hydrogen (secondary N) is 1. The molecule has 0 radical (unpaired) electrons. The molecule has 0 aliphatic carbocycles. The summed E-state index contributed by atoms with van der Waals surface area (Å²) in [5.41, 5.74) is 4.57. The number of carbonyl (C=O) groups is 2. The zero-order valence-electron chi connectivity index (χ0n) is 18.5. The van der Waals surface area contributed by atoms with E-state index < -0.39 is 0 Å². The third-order valence-corrected chi connectivity index (χ3v) is 8.28. The number of carbonyl (C=O) groups excluding carboxylic acids is 2. The smallest absolute Gasteiger partial charge is 0.273 e. The van der Waals surface area contributed by atoms with Crippen LogP contribution in [0.15, 0.2) is 65.5 Å². The van der Waals surface area contributed by atoms with E-state index in [9.17, 15) is 9.59 Å². The van der Waals surface area contributed by atoms with Crippen LogP contribution in [0.5, 0.6) is 0 Å². The number of likely N-dealkylation sites (tertiary alicyclic amines) is 2. The van der Waals surface area contributed by atoms with E-state index in [2.05, 4.69) is 40.6 Å². The predicted molar refractivity (Wildman–Crippen MR) is 137 cm³/mol. The van der Waals surface area contributed by atoms with E-state index in [0.29, 0.717) is 25.3 Å². The van der Waals surface area contributed by atoms with E-state index in [1.807, 2.05) is 34.1 Å². The number of benzene rings is 2. The van der Waals surface area contributed by atoms with Crippen molar-refractivity contribution in [3.8, 4) is 11.1 Å². The second kappa shape index (κ2) is 8.94. The van der Waals surface area contributed by atoms with Crippen LogP contribution in [0.4, 0.5) is 0 Å². The molecule has 0 bridgehead atoms. The Balaban J connectivity index is 1.04. The van der Waals surface area contributed by atoms with Crippen molar-refractivity contribution in [3.05, 3.63) is 76.1 Å². The van der Waals surface area contributed by atoms with Gasteiger partial charge < -0.3 is 15.1 Å². The van der Waals surface area contributed by atoms with Crippen LogP contribution in [-0.4, -0.2) is 64.9 Å². The second-order valence-corrected chi connectivity index (χ2v) is 10.7. The van der Waals surface area contributed by atoms with Crippen molar-refractivity contribution in [2.75, 3.05) is 26.2 Å². The molecule has 2 amide bonds. The van der Waals surface area contributed by atoms with Crippen LogP contribution >= 0.6 is 22.7 Å². The summed E-state index contributed by atoms with van der Waals surface area (Å²) in [7, 11) is 0. The first-order valence-corrected chi connectivity index (χ1v) is 13.2. The van der Waals surface area contributed by atoms with Crippen molar-refractivity contribution in [1.82, 2.24) is 20.1 Å². The van der Waals surface area contributed by atoms with Crippen LogP contribution in [0.3, 0.4) is 0 Å². The topological polar surface area (TPSA) is 65.5 Å². The lowest BCUT2D eigenvalue weighted by molar-refractivity contribution is 0.0557. The highest BCUT2D eigenvalue weighted by Gasteiger charge is 2.35. The van der Waals surface area contributed by atoms with Gasteiger partial charge in [0, 0.05) is 48.3 Å². The summed E-state index contributed by atoms with van der Waals surface area (Å²) in [6.07, 6.45) is 0.931. The molecule has 0 spiro atoms. The average Bonchev–Trinajstić information content (AvgIpc) is 3.61. The minimum absolute atomic E-state index is 0.0103. The molecule has 1 atom stereocenters. The van der Waals surface area contributed by atoms with Gasteiger partial charge in [0.15, 0.2) is 0 Å². The number of amides is 2. The number of fused-ring (bicyclic) bond motifs is 1. The molecule has 2 aromatic heterocycles. The van der Waals surface area contributed by atoms with E-state index in [4.69, 9.17) is 0 Å². The number of rotatable bonds is 5. The summed E-state index contributed by atoms with van der Waals surface area (Å²) in [6, 6.07) is 19.3. The van der Waals surface area contributed by atoms with E-state index in [-0.39, 0.29) is 23.9 Å². The standard InChI is InChI=1S/C26H24N4O2S2/c31-25(22-15-33-16-27-22)29-9-8-20(12-29)28-21-13-30(14-21)26(32)24-11-19-7-6-18(10-23(19)34-24)17-4-2-1-3-5-17/h1-7,10-11,15-16,20-21,28H,8-9,12-14H2/t20-/m0/s1. The molecular formula is C26H24N4O2S2. The Kier molecular flexibility index (Phi) is 5.64. The summed E-state index contributed by atoms with van der Waals surface area (Å²) >= 11 is 3.01. The number of thiazole rings is 1. The van der Waals surface area contributed by atoms with Crippen LogP contribution in [0.2, 0.25) is 0 Å². The molecule has 8 heteroatoms. The van der Waals surface area contributed by atoms with Crippen molar-refractivity contribution in [3.63, 3.8) is 0 Å². The van der Waals surface area contributed by atoms with Crippen molar-refractivity contribution in [2.24, 2.45) is 0 Å². The zero-order chi connectivity index (χ0) is 23.1. The minimum atomic E-state index is 0.0103. The molecule has 0 saturated carbocycles. The molecule has 2 saturated heterocycles. The van der Waals surface area contributed by atoms with Gasteiger partial charge >= 0.3 is 0 Å². The van der Waals surface area contributed by atoms with Crippen molar-refractivity contribution in [2.45, 2.75) is 18.5 Å². The first kappa shape index (κ1) is 21.5. The molecular weight excluding hydrogens is 464 g/mol. The summed E-state index contributed by atoms with van der Waals surface area (Å²) in [4.78, 5) is 34.2. The Bertz CT molecular complexity index is 1330. The van der Waals surface area contributed by atoms with Crippen molar-refractivity contribution < 1.29 is 9.59 Å². The highest BCUT2D eigenvalue weighted by atomic mass is 32.1. The largest absolute Gasteiger partial charge is 0.336 e. The normalized spacial score (nSPS) is 18.4. The number of aromatic nitrogens is 1. The lowest BCUT2D eigenvalue weighted by atomic mass is 10.0. The molecule has 34 heavy (non-hydrogen) atoms. The fraction of sp³-hybridized carbons (Fsp3) is 0.269. The van der Waals surface area contributed by atoms with Gasteiger partial charge in [-0.05, 0) is 35.1 Å². The van der Waals surface area contributed by atoms with Crippen LogP contribution in [0.1, 0.15) is 26.6 Å². The zero-order valence-corrected chi connectivity index (χ0v) is 20.1. The molecule has 2 aliphatic rings. The van der Waals surface area contributed by atoms with E-state index >= 15 is 0 Å². The van der Waals surface area contributed by atoms with Gasteiger partial charge in [-0.25, -0.2) is 4.98 Å². The Morgan fingerprint density at radius 2 is 1.74 bits per heavy atom. The van der Waals surface area contributed by atoms with E-state index in [1.54, 1.807) is 22.2 Å².